The Morgan fingerprint density at radius 3 is 2.43 bits per heavy atom. The van der Waals surface area contributed by atoms with Crippen molar-refractivity contribution in [3.63, 3.8) is 0 Å². The highest BCUT2D eigenvalue weighted by atomic mass is 35.5. The second-order valence-corrected chi connectivity index (χ2v) is 4.75. The highest BCUT2D eigenvalue weighted by Gasteiger charge is 2.13. The summed E-state index contributed by atoms with van der Waals surface area (Å²) in [7, 11) is 0. The Hall–Kier alpha value is -2.53. The first-order chi connectivity index (χ1) is 10.0. The number of aromatic hydroxyl groups is 1. The lowest BCUT2D eigenvalue weighted by molar-refractivity contribution is -0.136. The van der Waals surface area contributed by atoms with Gasteiger partial charge in [0.1, 0.15) is 5.75 Å². The average Bonchev–Trinajstić information content (AvgIpc) is 2.46. The average molecular weight is 305 g/mol. The minimum absolute atomic E-state index is 0.00868. The molecule has 0 saturated carbocycles. The van der Waals surface area contributed by atoms with Gasteiger partial charge in [-0.15, -0.1) is 0 Å². The number of carbonyl (C=O) groups is 2. The SMILES string of the molecule is O=C(NCc1ccc(Cl)cc1)C(=O)Nc1cccc(O)c1. The first kappa shape index (κ1) is 14.9. The van der Waals surface area contributed by atoms with Crippen LogP contribution in [-0.2, 0) is 16.1 Å². The Morgan fingerprint density at radius 1 is 1.05 bits per heavy atom. The van der Waals surface area contributed by atoms with E-state index in [0.717, 1.165) is 5.56 Å². The zero-order valence-electron chi connectivity index (χ0n) is 11.0. The van der Waals surface area contributed by atoms with Crippen molar-refractivity contribution in [1.82, 2.24) is 5.32 Å². The van der Waals surface area contributed by atoms with Crippen LogP contribution in [0.4, 0.5) is 5.69 Å². The molecule has 2 amide bonds. The number of halogens is 1. The predicted octanol–water partition coefficient (Wildman–Crippen LogP) is 2.30. The second kappa shape index (κ2) is 6.76. The van der Waals surface area contributed by atoms with Gasteiger partial charge in [-0.1, -0.05) is 29.8 Å². The van der Waals surface area contributed by atoms with Crippen LogP contribution in [0.25, 0.3) is 0 Å². The lowest BCUT2D eigenvalue weighted by Crippen LogP contribution is -2.34. The summed E-state index contributed by atoms with van der Waals surface area (Å²) in [6.45, 7) is 0.226. The maximum absolute atomic E-state index is 11.7. The summed E-state index contributed by atoms with van der Waals surface area (Å²) in [5.74, 6) is -1.54. The third kappa shape index (κ3) is 4.50. The minimum atomic E-state index is -0.797. The van der Waals surface area contributed by atoms with Crippen LogP contribution in [0.2, 0.25) is 5.02 Å². The smallest absolute Gasteiger partial charge is 0.313 e. The van der Waals surface area contributed by atoms with Crippen LogP contribution in [-0.4, -0.2) is 16.9 Å². The molecule has 0 aromatic heterocycles. The van der Waals surface area contributed by atoms with Crippen LogP contribution in [0.15, 0.2) is 48.5 Å². The van der Waals surface area contributed by atoms with Crippen LogP contribution < -0.4 is 10.6 Å². The van der Waals surface area contributed by atoms with Gasteiger partial charge >= 0.3 is 11.8 Å². The van der Waals surface area contributed by atoms with Gasteiger partial charge in [-0.25, -0.2) is 0 Å². The number of anilines is 1. The third-order valence-corrected chi connectivity index (χ3v) is 2.93. The number of hydrogen-bond acceptors (Lipinski definition) is 3. The van der Waals surface area contributed by atoms with Gasteiger partial charge in [0.15, 0.2) is 0 Å². The van der Waals surface area contributed by atoms with Gasteiger partial charge in [0.05, 0.1) is 0 Å². The number of phenols is 1. The molecule has 3 N–H and O–H groups in total. The largest absolute Gasteiger partial charge is 0.508 e. The van der Waals surface area contributed by atoms with Gasteiger partial charge in [0.2, 0.25) is 0 Å². The normalized spacial score (nSPS) is 9.95. The number of phenolic OH excluding ortho intramolecular Hbond substituents is 1. The first-order valence-electron chi connectivity index (χ1n) is 6.17. The molecule has 2 aromatic carbocycles. The molecule has 21 heavy (non-hydrogen) atoms. The molecule has 6 heteroatoms. The quantitative estimate of drug-likeness (QED) is 0.761. The molecule has 5 nitrogen and oxygen atoms in total. The summed E-state index contributed by atoms with van der Waals surface area (Å²) >= 11 is 5.76. The van der Waals surface area contributed by atoms with Crippen molar-refractivity contribution in [3.8, 4) is 5.75 Å². The zero-order chi connectivity index (χ0) is 15.2. The van der Waals surface area contributed by atoms with E-state index in [1.54, 1.807) is 36.4 Å². The van der Waals surface area contributed by atoms with Crippen LogP contribution in [0.1, 0.15) is 5.56 Å². The summed E-state index contributed by atoms with van der Waals surface area (Å²) < 4.78 is 0. The van der Waals surface area contributed by atoms with Crippen LogP contribution in [0.3, 0.4) is 0 Å². The Balaban J connectivity index is 1.88. The van der Waals surface area contributed by atoms with Gasteiger partial charge in [-0.3, -0.25) is 9.59 Å². The number of benzene rings is 2. The third-order valence-electron chi connectivity index (χ3n) is 2.68. The Labute approximate surface area is 126 Å². The number of hydrogen-bond donors (Lipinski definition) is 3. The van der Waals surface area contributed by atoms with Crippen molar-refractivity contribution in [2.75, 3.05) is 5.32 Å². The number of amides is 2. The molecule has 0 spiro atoms. The van der Waals surface area contributed by atoms with E-state index in [4.69, 9.17) is 11.6 Å². The van der Waals surface area contributed by atoms with Crippen molar-refractivity contribution in [2.45, 2.75) is 6.54 Å². The molecule has 0 heterocycles. The van der Waals surface area contributed by atoms with E-state index in [2.05, 4.69) is 10.6 Å². The highest BCUT2D eigenvalue weighted by Crippen LogP contribution is 2.15. The van der Waals surface area contributed by atoms with E-state index >= 15 is 0 Å². The fourth-order valence-electron chi connectivity index (χ4n) is 1.64. The van der Waals surface area contributed by atoms with Crippen molar-refractivity contribution >= 4 is 29.1 Å². The minimum Gasteiger partial charge on any atom is -0.508 e. The standard InChI is InChI=1S/C15H13ClN2O3/c16-11-6-4-10(5-7-11)9-17-14(20)15(21)18-12-2-1-3-13(19)8-12/h1-8,19H,9H2,(H,17,20)(H,18,21). The van der Waals surface area contributed by atoms with E-state index in [1.165, 1.54) is 12.1 Å². The van der Waals surface area contributed by atoms with Gasteiger partial charge in [-0.2, -0.15) is 0 Å². The number of rotatable bonds is 3. The summed E-state index contributed by atoms with van der Waals surface area (Å²) in [4.78, 5) is 23.3. The lowest BCUT2D eigenvalue weighted by Gasteiger charge is -2.07. The van der Waals surface area contributed by atoms with Crippen LogP contribution in [0.5, 0.6) is 5.75 Å². The molecular weight excluding hydrogens is 292 g/mol. The van der Waals surface area contributed by atoms with E-state index in [0.29, 0.717) is 10.7 Å². The molecule has 0 aliphatic carbocycles. The molecule has 2 aromatic rings. The van der Waals surface area contributed by atoms with Gasteiger partial charge < -0.3 is 15.7 Å². The molecular formula is C15H13ClN2O3. The van der Waals surface area contributed by atoms with Crippen molar-refractivity contribution in [1.29, 1.82) is 0 Å². The Kier molecular flexibility index (Phi) is 4.79. The first-order valence-corrected chi connectivity index (χ1v) is 6.55. The Morgan fingerprint density at radius 2 is 1.76 bits per heavy atom. The van der Waals surface area contributed by atoms with E-state index in [1.807, 2.05) is 0 Å². The van der Waals surface area contributed by atoms with Crippen molar-refractivity contribution < 1.29 is 14.7 Å². The maximum Gasteiger partial charge on any atom is 0.313 e. The van der Waals surface area contributed by atoms with E-state index < -0.39 is 11.8 Å². The number of carbonyl (C=O) groups excluding carboxylic acids is 2. The maximum atomic E-state index is 11.7. The molecule has 0 radical (unpaired) electrons. The molecule has 0 aliphatic heterocycles. The molecule has 0 aliphatic rings. The monoisotopic (exact) mass is 304 g/mol. The zero-order valence-corrected chi connectivity index (χ0v) is 11.7. The van der Waals surface area contributed by atoms with Crippen molar-refractivity contribution in [2.24, 2.45) is 0 Å². The second-order valence-electron chi connectivity index (χ2n) is 4.31. The molecule has 108 valence electrons. The van der Waals surface area contributed by atoms with Gasteiger partial charge in [-0.05, 0) is 29.8 Å². The Bertz CT molecular complexity index is 656. The van der Waals surface area contributed by atoms with E-state index in [9.17, 15) is 14.7 Å². The van der Waals surface area contributed by atoms with Gasteiger partial charge in [0.25, 0.3) is 0 Å². The summed E-state index contributed by atoms with van der Waals surface area (Å²) in [6.07, 6.45) is 0. The molecule has 0 fully saturated rings. The molecule has 0 atom stereocenters. The summed E-state index contributed by atoms with van der Waals surface area (Å²) in [5.41, 5.74) is 1.18. The number of nitrogens with one attached hydrogen (secondary N) is 2. The summed E-state index contributed by atoms with van der Waals surface area (Å²) in [5, 5.41) is 14.8. The molecule has 0 unspecified atom stereocenters. The highest BCUT2D eigenvalue weighted by molar-refractivity contribution is 6.39. The molecule has 0 saturated heterocycles. The van der Waals surface area contributed by atoms with E-state index in [-0.39, 0.29) is 12.3 Å². The lowest BCUT2D eigenvalue weighted by atomic mass is 10.2. The summed E-state index contributed by atoms with van der Waals surface area (Å²) in [6, 6.07) is 12.9. The van der Waals surface area contributed by atoms with Crippen molar-refractivity contribution in [3.05, 3.63) is 59.1 Å². The van der Waals surface area contributed by atoms with Gasteiger partial charge in [0, 0.05) is 23.3 Å². The molecule has 2 rings (SSSR count). The van der Waals surface area contributed by atoms with Crippen LogP contribution >= 0.6 is 11.6 Å². The van der Waals surface area contributed by atoms with Crippen LogP contribution in [0, 0.1) is 0 Å². The fourth-order valence-corrected chi connectivity index (χ4v) is 1.76. The predicted molar refractivity (Wildman–Crippen MR) is 80.0 cm³/mol. The fraction of sp³-hybridized carbons (Fsp3) is 0.0667. The topological polar surface area (TPSA) is 78.4 Å². The molecule has 0 bridgehead atoms.